The lowest BCUT2D eigenvalue weighted by atomic mass is 9.85. The largest absolute Gasteiger partial charge is 0.491 e. The zero-order chi connectivity index (χ0) is 23.8. The monoisotopic (exact) mass is 462 g/mol. The molecule has 0 bridgehead atoms. The van der Waals surface area contributed by atoms with Gasteiger partial charge in [0, 0.05) is 16.7 Å². The van der Waals surface area contributed by atoms with Crippen molar-refractivity contribution in [2.45, 2.75) is 26.1 Å². The van der Waals surface area contributed by atoms with E-state index in [0.717, 1.165) is 0 Å². The summed E-state index contributed by atoms with van der Waals surface area (Å²) in [6.07, 6.45) is -0.825. The van der Waals surface area contributed by atoms with E-state index in [2.05, 4.69) is 0 Å². The summed E-state index contributed by atoms with van der Waals surface area (Å²) in [6.45, 7) is 4.00. The van der Waals surface area contributed by atoms with E-state index < -0.39 is 12.1 Å². The highest BCUT2D eigenvalue weighted by atomic mass is 19.1. The summed E-state index contributed by atoms with van der Waals surface area (Å²) in [5.41, 5.74) is 2.88. The Morgan fingerprint density at radius 1 is 0.971 bits per heavy atom. The van der Waals surface area contributed by atoms with Gasteiger partial charge in [-0.25, -0.2) is 9.18 Å². The predicted molar refractivity (Wildman–Crippen MR) is 123 cm³/mol. The van der Waals surface area contributed by atoms with Gasteiger partial charge in [0.25, 0.3) is 0 Å². The average molecular weight is 462 g/mol. The van der Waals surface area contributed by atoms with E-state index in [9.17, 15) is 9.18 Å². The topological polar surface area (TPSA) is 63.2 Å². The second-order valence-corrected chi connectivity index (χ2v) is 8.22. The molecule has 2 aliphatic rings. The Balaban J connectivity index is 1.74. The standard InChI is InChI=1S/C27H23FO6/c1-15(2)33-19-9-11-21-20(13-19)24(16-4-7-18(28)8-5-16)25(27(29)30-3)26(34-21)17-6-10-22-23(12-17)32-14-31-22/h4-13,15,26H,14H2,1-3H3. The van der Waals surface area contributed by atoms with Gasteiger partial charge in [0.05, 0.1) is 18.8 Å². The fourth-order valence-electron chi connectivity index (χ4n) is 4.17. The number of hydrogen-bond donors (Lipinski definition) is 0. The molecule has 0 N–H and O–H groups in total. The summed E-state index contributed by atoms with van der Waals surface area (Å²) in [5.74, 6) is 1.45. The van der Waals surface area contributed by atoms with Crippen LogP contribution in [-0.4, -0.2) is 26.0 Å². The van der Waals surface area contributed by atoms with Crippen molar-refractivity contribution in [3.05, 3.63) is 88.7 Å². The molecule has 0 aliphatic carbocycles. The second-order valence-electron chi connectivity index (χ2n) is 8.22. The van der Waals surface area contributed by atoms with Crippen molar-refractivity contribution in [3.8, 4) is 23.0 Å². The van der Waals surface area contributed by atoms with E-state index in [4.69, 9.17) is 23.7 Å². The van der Waals surface area contributed by atoms with Crippen LogP contribution in [0.1, 0.15) is 36.6 Å². The molecule has 34 heavy (non-hydrogen) atoms. The van der Waals surface area contributed by atoms with Crippen molar-refractivity contribution < 1.29 is 32.9 Å². The molecule has 0 radical (unpaired) electrons. The molecule has 174 valence electrons. The van der Waals surface area contributed by atoms with Crippen LogP contribution in [0.5, 0.6) is 23.0 Å². The molecular formula is C27H23FO6. The minimum Gasteiger partial charge on any atom is -0.491 e. The van der Waals surface area contributed by atoms with Crippen molar-refractivity contribution in [3.63, 3.8) is 0 Å². The number of hydrogen-bond acceptors (Lipinski definition) is 6. The highest BCUT2D eigenvalue weighted by molar-refractivity contribution is 6.04. The molecule has 0 aromatic heterocycles. The van der Waals surface area contributed by atoms with Crippen molar-refractivity contribution in [2.24, 2.45) is 0 Å². The Morgan fingerprint density at radius 2 is 1.71 bits per heavy atom. The number of esters is 1. The predicted octanol–water partition coefficient (Wildman–Crippen LogP) is 5.45. The van der Waals surface area contributed by atoms with Crippen LogP contribution in [0.25, 0.3) is 5.57 Å². The lowest BCUT2D eigenvalue weighted by Crippen LogP contribution is -2.24. The van der Waals surface area contributed by atoms with E-state index in [1.54, 1.807) is 24.3 Å². The number of ether oxygens (including phenoxy) is 5. The molecule has 1 atom stereocenters. The molecule has 3 aromatic rings. The molecular weight excluding hydrogens is 439 g/mol. The fourth-order valence-corrected chi connectivity index (χ4v) is 4.17. The minimum atomic E-state index is -0.786. The maximum Gasteiger partial charge on any atom is 0.338 e. The van der Waals surface area contributed by atoms with E-state index in [1.165, 1.54) is 19.2 Å². The number of carbonyl (C=O) groups is 1. The molecule has 3 aromatic carbocycles. The van der Waals surface area contributed by atoms with Gasteiger partial charge in [0.2, 0.25) is 6.79 Å². The van der Waals surface area contributed by atoms with Crippen molar-refractivity contribution in [2.75, 3.05) is 13.9 Å². The highest BCUT2D eigenvalue weighted by Gasteiger charge is 2.36. The number of rotatable bonds is 5. The first-order chi connectivity index (χ1) is 16.4. The summed E-state index contributed by atoms with van der Waals surface area (Å²) >= 11 is 0. The third-order valence-corrected chi connectivity index (χ3v) is 5.61. The molecule has 5 rings (SSSR count). The SMILES string of the molecule is COC(=O)C1=C(c2ccc(F)cc2)c2cc(OC(C)C)ccc2OC1c1ccc2c(c1)OCO2. The number of carbonyl (C=O) groups excluding carboxylic acids is 1. The van der Waals surface area contributed by atoms with Crippen LogP contribution in [0.4, 0.5) is 4.39 Å². The average Bonchev–Trinajstić information content (AvgIpc) is 3.30. The molecule has 1 unspecified atom stereocenters. The van der Waals surface area contributed by atoms with Crippen LogP contribution in [0, 0.1) is 5.82 Å². The smallest absolute Gasteiger partial charge is 0.338 e. The highest BCUT2D eigenvalue weighted by Crippen LogP contribution is 2.48. The van der Waals surface area contributed by atoms with Crippen molar-refractivity contribution >= 4 is 11.5 Å². The first-order valence-electron chi connectivity index (χ1n) is 10.9. The minimum absolute atomic E-state index is 0.0396. The van der Waals surface area contributed by atoms with E-state index in [-0.39, 0.29) is 18.7 Å². The first-order valence-corrected chi connectivity index (χ1v) is 10.9. The Kier molecular flexibility index (Phi) is 5.61. The van der Waals surface area contributed by atoms with Crippen molar-refractivity contribution in [1.82, 2.24) is 0 Å². The number of benzene rings is 3. The zero-order valence-corrected chi connectivity index (χ0v) is 19.0. The van der Waals surface area contributed by atoms with Gasteiger partial charge in [-0.05, 0) is 61.9 Å². The Labute approximate surface area is 196 Å². The summed E-state index contributed by atoms with van der Waals surface area (Å²) < 4.78 is 42.2. The van der Waals surface area contributed by atoms with Crippen LogP contribution < -0.4 is 18.9 Å². The van der Waals surface area contributed by atoms with Crippen molar-refractivity contribution in [1.29, 1.82) is 0 Å². The van der Waals surface area contributed by atoms with Crippen LogP contribution in [-0.2, 0) is 9.53 Å². The van der Waals surface area contributed by atoms with Crippen LogP contribution in [0.2, 0.25) is 0 Å². The van der Waals surface area contributed by atoms with Gasteiger partial charge in [-0.2, -0.15) is 0 Å². The molecule has 0 saturated carbocycles. The molecule has 0 saturated heterocycles. The quantitative estimate of drug-likeness (QED) is 0.470. The normalized spacial score (nSPS) is 16.2. The maximum atomic E-state index is 13.8. The Bertz CT molecular complexity index is 1280. The summed E-state index contributed by atoms with van der Waals surface area (Å²) in [7, 11) is 1.32. The maximum absolute atomic E-state index is 13.8. The molecule has 0 spiro atoms. The fraction of sp³-hybridized carbons (Fsp3) is 0.222. The van der Waals surface area contributed by atoms with E-state index >= 15 is 0 Å². The molecule has 2 aliphatic heterocycles. The third kappa shape index (κ3) is 3.94. The summed E-state index contributed by atoms with van der Waals surface area (Å²) in [5, 5.41) is 0. The third-order valence-electron chi connectivity index (χ3n) is 5.61. The number of halogens is 1. The zero-order valence-electron chi connectivity index (χ0n) is 19.0. The van der Waals surface area contributed by atoms with Gasteiger partial charge in [-0.15, -0.1) is 0 Å². The van der Waals surface area contributed by atoms with E-state index in [0.29, 0.717) is 50.8 Å². The molecule has 7 heteroatoms. The number of fused-ring (bicyclic) bond motifs is 2. The van der Waals surface area contributed by atoms with Gasteiger partial charge >= 0.3 is 5.97 Å². The second kappa shape index (κ2) is 8.74. The summed E-state index contributed by atoms with van der Waals surface area (Å²) in [4.78, 5) is 13.2. The van der Waals surface area contributed by atoms with Gasteiger partial charge in [0.15, 0.2) is 17.6 Å². The van der Waals surface area contributed by atoms with Gasteiger partial charge in [0.1, 0.15) is 17.3 Å². The van der Waals surface area contributed by atoms with Crippen LogP contribution >= 0.6 is 0 Å². The van der Waals surface area contributed by atoms with Crippen LogP contribution in [0.3, 0.4) is 0 Å². The van der Waals surface area contributed by atoms with Crippen LogP contribution in [0.15, 0.2) is 66.2 Å². The molecule has 6 nitrogen and oxygen atoms in total. The molecule has 0 amide bonds. The lowest BCUT2D eigenvalue weighted by molar-refractivity contribution is -0.137. The Hall–Kier alpha value is -4.00. The molecule has 2 heterocycles. The first kappa shape index (κ1) is 21.8. The lowest BCUT2D eigenvalue weighted by Gasteiger charge is -2.31. The van der Waals surface area contributed by atoms with Gasteiger partial charge in [-0.1, -0.05) is 18.2 Å². The summed E-state index contributed by atoms with van der Waals surface area (Å²) in [6, 6.07) is 16.8. The Morgan fingerprint density at radius 3 is 2.44 bits per heavy atom. The van der Waals surface area contributed by atoms with E-state index in [1.807, 2.05) is 38.1 Å². The number of methoxy groups -OCH3 is 1. The molecule has 0 fully saturated rings. The van der Waals surface area contributed by atoms with Gasteiger partial charge in [-0.3, -0.25) is 0 Å². The van der Waals surface area contributed by atoms with Gasteiger partial charge < -0.3 is 23.7 Å².